The smallest absolute Gasteiger partial charge is 0.227 e. The first kappa shape index (κ1) is 21.2. The molecule has 1 amide bonds. The van der Waals surface area contributed by atoms with Crippen molar-refractivity contribution < 1.29 is 4.79 Å². The van der Waals surface area contributed by atoms with E-state index < -0.39 is 0 Å². The lowest BCUT2D eigenvalue weighted by Gasteiger charge is -2.23. The van der Waals surface area contributed by atoms with Gasteiger partial charge in [-0.1, -0.05) is 36.4 Å². The van der Waals surface area contributed by atoms with Gasteiger partial charge in [-0.05, 0) is 55.2 Å². The zero-order chi connectivity index (χ0) is 21.6. The van der Waals surface area contributed by atoms with E-state index in [4.69, 9.17) is 0 Å². The molecule has 1 fully saturated rings. The number of aryl methyl sites for hydroxylation is 1. The summed E-state index contributed by atoms with van der Waals surface area (Å²) in [4.78, 5) is 26.4. The van der Waals surface area contributed by atoms with Gasteiger partial charge in [0.1, 0.15) is 0 Å². The number of amides is 1. The van der Waals surface area contributed by atoms with Crippen molar-refractivity contribution in [2.24, 2.45) is 5.92 Å². The van der Waals surface area contributed by atoms with Gasteiger partial charge < -0.3 is 4.90 Å². The Balaban J connectivity index is 1.49. The summed E-state index contributed by atoms with van der Waals surface area (Å²) in [7, 11) is 0. The summed E-state index contributed by atoms with van der Waals surface area (Å²) in [5.74, 6) is 0.218. The second kappa shape index (κ2) is 9.84. The lowest BCUT2D eigenvalue weighted by Crippen LogP contribution is -2.37. The van der Waals surface area contributed by atoms with Gasteiger partial charge in [0.05, 0.1) is 11.6 Å². The molecule has 5 heteroatoms. The molecule has 0 aliphatic carbocycles. The van der Waals surface area contributed by atoms with Gasteiger partial charge in [0.25, 0.3) is 0 Å². The van der Waals surface area contributed by atoms with E-state index >= 15 is 0 Å². The highest BCUT2D eigenvalue weighted by Crippen LogP contribution is 2.22. The van der Waals surface area contributed by atoms with Crippen LogP contribution in [-0.2, 0) is 17.8 Å². The number of carbonyl (C=O) groups excluding carboxylic acids is 1. The molecule has 1 unspecified atom stereocenters. The van der Waals surface area contributed by atoms with Gasteiger partial charge in [0.15, 0.2) is 0 Å². The third-order valence-electron chi connectivity index (χ3n) is 5.97. The zero-order valence-electron chi connectivity index (χ0n) is 18.4. The van der Waals surface area contributed by atoms with Gasteiger partial charge in [-0.15, -0.1) is 0 Å². The predicted octanol–water partition coefficient (Wildman–Crippen LogP) is 3.98. The molecule has 5 nitrogen and oxygen atoms in total. The molecule has 1 aliphatic rings. The minimum Gasteiger partial charge on any atom is -0.341 e. The third kappa shape index (κ3) is 5.36. The standard InChI is InChI=1S/C26H30N4O/c1-3-30-15-14-29(19-25-8-4-6-20(2)28-25)18-24(26(30)31)16-21-9-11-22(12-10-21)23-7-5-13-27-17-23/h4-13,17,24H,3,14-16,18-19H2,1-2H3. The number of benzene rings is 1. The summed E-state index contributed by atoms with van der Waals surface area (Å²) in [6, 6.07) is 18.7. The molecule has 31 heavy (non-hydrogen) atoms. The van der Waals surface area contributed by atoms with Crippen LogP contribution >= 0.6 is 0 Å². The first-order chi connectivity index (χ1) is 15.1. The van der Waals surface area contributed by atoms with E-state index in [9.17, 15) is 4.79 Å². The van der Waals surface area contributed by atoms with E-state index in [2.05, 4.69) is 64.3 Å². The lowest BCUT2D eigenvalue weighted by atomic mass is 9.96. The summed E-state index contributed by atoms with van der Waals surface area (Å²) in [5, 5.41) is 0. The molecule has 1 aliphatic heterocycles. The van der Waals surface area contributed by atoms with Gasteiger partial charge in [-0.25, -0.2) is 0 Å². The Morgan fingerprint density at radius 1 is 1.00 bits per heavy atom. The molecule has 0 bridgehead atoms. The molecule has 0 N–H and O–H groups in total. The highest BCUT2D eigenvalue weighted by Gasteiger charge is 2.29. The van der Waals surface area contributed by atoms with E-state index in [0.717, 1.165) is 61.7 Å². The van der Waals surface area contributed by atoms with Crippen molar-refractivity contribution in [3.63, 3.8) is 0 Å². The van der Waals surface area contributed by atoms with Crippen LogP contribution in [0.25, 0.3) is 11.1 Å². The fraction of sp³-hybridized carbons (Fsp3) is 0.346. The van der Waals surface area contributed by atoms with Crippen LogP contribution in [0.5, 0.6) is 0 Å². The molecular weight excluding hydrogens is 384 g/mol. The number of carbonyl (C=O) groups is 1. The number of hydrogen-bond acceptors (Lipinski definition) is 4. The second-order valence-corrected chi connectivity index (χ2v) is 8.26. The molecule has 4 rings (SSSR count). The largest absolute Gasteiger partial charge is 0.341 e. The summed E-state index contributed by atoms with van der Waals surface area (Å²) < 4.78 is 0. The maximum Gasteiger partial charge on any atom is 0.227 e. The van der Waals surface area contributed by atoms with E-state index in [1.54, 1.807) is 6.20 Å². The normalized spacial score (nSPS) is 17.5. The van der Waals surface area contributed by atoms with Crippen LogP contribution in [0, 0.1) is 12.8 Å². The van der Waals surface area contributed by atoms with Crippen molar-refractivity contribution in [2.45, 2.75) is 26.8 Å². The van der Waals surface area contributed by atoms with Crippen LogP contribution in [0.4, 0.5) is 0 Å². The molecule has 0 saturated carbocycles. The molecule has 3 aromatic rings. The molecular formula is C26H30N4O. The average molecular weight is 415 g/mol. The minimum atomic E-state index is -0.0449. The Kier molecular flexibility index (Phi) is 6.73. The van der Waals surface area contributed by atoms with Crippen LogP contribution in [0.1, 0.15) is 23.9 Å². The van der Waals surface area contributed by atoms with E-state index in [1.165, 1.54) is 5.56 Å². The van der Waals surface area contributed by atoms with Gasteiger partial charge >= 0.3 is 0 Å². The maximum atomic E-state index is 13.2. The van der Waals surface area contributed by atoms with E-state index in [1.807, 2.05) is 30.2 Å². The molecule has 1 saturated heterocycles. The summed E-state index contributed by atoms with van der Waals surface area (Å²) in [6.07, 6.45) is 4.41. The molecule has 2 aromatic heterocycles. The van der Waals surface area contributed by atoms with Crippen molar-refractivity contribution in [3.8, 4) is 11.1 Å². The molecule has 3 heterocycles. The molecule has 0 radical (unpaired) electrons. The number of aromatic nitrogens is 2. The van der Waals surface area contributed by atoms with Gasteiger partial charge in [0, 0.05) is 50.8 Å². The van der Waals surface area contributed by atoms with Crippen LogP contribution < -0.4 is 0 Å². The predicted molar refractivity (Wildman–Crippen MR) is 123 cm³/mol. The van der Waals surface area contributed by atoms with Gasteiger partial charge in [0.2, 0.25) is 5.91 Å². The minimum absolute atomic E-state index is 0.0449. The average Bonchev–Trinajstić information content (AvgIpc) is 2.93. The number of pyridine rings is 2. The van der Waals surface area contributed by atoms with Crippen molar-refractivity contribution in [1.82, 2.24) is 19.8 Å². The summed E-state index contributed by atoms with van der Waals surface area (Å²) in [5.41, 5.74) is 5.54. The monoisotopic (exact) mass is 414 g/mol. The number of hydrogen-bond donors (Lipinski definition) is 0. The molecule has 160 valence electrons. The summed E-state index contributed by atoms with van der Waals surface area (Å²) in [6.45, 7) is 8.04. The highest BCUT2D eigenvalue weighted by molar-refractivity contribution is 5.79. The Bertz CT molecular complexity index is 1000. The third-order valence-corrected chi connectivity index (χ3v) is 5.97. The fourth-order valence-electron chi connectivity index (χ4n) is 4.29. The SMILES string of the molecule is CCN1CCN(Cc2cccc(C)n2)CC(Cc2ccc(-c3cccnc3)cc2)C1=O. The van der Waals surface area contributed by atoms with E-state index in [-0.39, 0.29) is 11.8 Å². The first-order valence-electron chi connectivity index (χ1n) is 11.1. The molecule has 1 atom stereocenters. The Morgan fingerprint density at radius 2 is 1.84 bits per heavy atom. The van der Waals surface area contributed by atoms with Crippen molar-refractivity contribution in [3.05, 3.63) is 83.9 Å². The van der Waals surface area contributed by atoms with Crippen LogP contribution in [0.15, 0.2) is 67.0 Å². The van der Waals surface area contributed by atoms with Crippen LogP contribution in [-0.4, -0.2) is 51.9 Å². The van der Waals surface area contributed by atoms with Gasteiger partial charge in [-0.2, -0.15) is 0 Å². The lowest BCUT2D eigenvalue weighted by molar-refractivity contribution is -0.134. The number of rotatable bonds is 6. The fourth-order valence-corrected chi connectivity index (χ4v) is 4.29. The van der Waals surface area contributed by atoms with Crippen LogP contribution in [0.2, 0.25) is 0 Å². The number of likely N-dealkylation sites (N-methyl/N-ethyl adjacent to an activating group) is 1. The maximum absolute atomic E-state index is 13.2. The summed E-state index contributed by atoms with van der Waals surface area (Å²) >= 11 is 0. The van der Waals surface area contributed by atoms with Crippen molar-refractivity contribution in [1.29, 1.82) is 0 Å². The highest BCUT2D eigenvalue weighted by atomic mass is 16.2. The number of nitrogens with zero attached hydrogens (tertiary/aromatic N) is 4. The zero-order valence-corrected chi connectivity index (χ0v) is 18.4. The Hall–Kier alpha value is -3.05. The Labute approximate surface area is 184 Å². The molecule has 0 spiro atoms. The quantitative estimate of drug-likeness (QED) is 0.612. The van der Waals surface area contributed by atoms with Crippen molar-refractivity contribution >= 4 is 5.91 Å². The first-order valence-corrected chi connectivity index (χ1v) is 11.1. The molecule has 1 aromatic carbocycles. The second-order valence-electron chi connectivity index (χ2n) is 8.26. The topological polar surface area (TPSA) is 49.3 Å². The van der Waals surface area contributed by atoms with Crippen LogP contribution in [0.3, 0.4) is 0 Å². The van der Waals surface area contributed by atoms with Crippen molar-refractivity contribution in [2.75, 3.05) is 26.2 Å². The Morgan fingerprint density at radius 3 is 2.55 bits per heavy atom. The van der Waals surface area contributed by atoms with Gasteiger partial charge in [-0.3, -0.25) is 19.7 Å². The van der Waals surface area contributed by atoms with E-state index in [0.29, 0.717) is 0 Å².